The molecule has 218 valence electrons. The SMILES string of the molecule is CCCCCCCCCCCCCOC(C)c1ccc(-c2ccccc2-c2ccc(OCCCCC)cc2)cc1. The predicted molar refractivity (Wildman–Crippen MR) is 173 cm³/mol. The normalized spacial score (nSPS) is 12.0. The van der Waals surface area contributed by atoms with Gasteiger partial charge < -0.3 is 9.47 Å². The number of unbranched alkanes of at least 4 members (excludes halogenated alkanes) is 12. The second kappa shape index (κ2) is 19.5. The molecule has 0 aliphatic carbocycles. The van der Waals surface area contributed by atoms with E-state index in [4.69, 9.17) is 9.47 Å². The van der Waals surface area contributed by atoms with Gasteiger partial charge in [0.15, 0.2) is 0 Å². The zero-order valence-electron chi connectivity index (χ0n) is 25.6. The molecule has 40 heavy (non-hydrogen) atoms. The smallest absolute Gasteiger partial charge is 0.119 e. The van der Waals surface area contributed by atoms with Crippen LogP contribution in [-0.4, -0.2) is 13.2 Å². The van der Waals surface area contributed by atoms with Crippen LogP contribution in [0.3, 0.4) is 0 Å². The summed E-state index contributed by atoms with van der Waals surface area (Å²) in [6, 6.07) is 26.1. The van der Waals surface area contributed by atoms with Crippen molar-refractivity contribution in [2.75, 3.05) is 13.2 Å². The van der Waals surface area contributed by atoms with Crippen LogP contribution in [0.25, 0.3) is 22.3 Å². The van der Waals surface area contributed by atoms with E-state index in [-0.39, 0.29) is 6.10 Å². The number of rotatable bonds is 21. The van der Waals surface area contributed by atoms with Crippen LogP contribution in [0.1, 0.15) is 122 Å². The van der Waals surface area contributed by atoms with Crippen molar-refractivity contribution in [1.29, 1.82) is 0 Å². The zero-order chi connectivity index (χ0) is 28.3. The lowest BCUT2D eigenvalue weighted by Gasteiger charge is -2.15. The summed E-state index contributed by atoms with van der Waals surface area (Å²) in [6.45, 7) is 8.31. The van der Waals surface area contributed by atoms with E-state index >= 15 is 0 Å². The van der Waals surface area contributed by atoms with Crippen molar-refractivity contribution in [3.8, 4) is 28.0 Å². The Morgan fingerprint density at radius 3 is 1.50 bits per heavy atom. The maximum absolute atomic E-state index is 6.19. The quantitative estimate of drug-likeness (QED) is 0.125. The van der Waals surface area contributed by atoms with Crippen molar-refractivity contribution in [2.24, 2.45) is 0 Å². The van der Waals surface area contributed by atoms with Gasteiger partial charge >= 0.3 is 0 Å². The second-order valence-electron chi connectivity index (χ2n) is 11.3. The van der Waals surface area contributed by atoms with E-state index in [1.807, 2.05) is 0 Å². The summed E-state index contributed by atoms with van der Waals surface area (Å²) in [4.78, 5) is 0. The largest absolute Gasteiger partial charge is 0.494 e. The van der Waals surface area contributed by atoms with E-state index in [9.17, 15) is 0 Å². The predicted octanol–water partition coefficient (Wildman–Crippen LogP) is 12.0. The molecule has 1 atom stereocenters. The average molecular weight is 543 g/mol. The van der Waals surface area contributed by atoms with Crippen LogP contribution in [0.5, 0.6) is 5.75 Å². The van der Waals surface area contributed by atoms with Crippen molar-refractivity contribution in [2.45, 2.75) is 117 Å². The maximum atomic E-state index is 6.19. The van der Waals surface area contributed by atoms with Crippen molar-refractivity contribution >= 4 is 0 Å². The molecular weight excluding hydrogens is 488 g/mol. The molecule has 0 amide bonds. The highest BCUT2D eigenvalue weighted by Crippen LogP contribution is 2.33. The molecule has 0 saturated heterocycles. The molecule has 0 saturated carbocycles. The molecule has 2 nitrogen and oxygen atoms in total. The summed E-state index contributed by atoms with van der Waals surface area (Å²) in [7, 11) is 0. The first-order chi connectivity index (χ1) is 19.7. The monoisotopic (exact) mass is 542 g/mol. The Kier molecular flexibility index (Phi) is 15.6. The molecule has 0 radical (unpaired) electrons. The molecule has 0 fully saturated rings. The molecular formula is C38H54O2. The standard InChI is InChI=1S/C38H54O2/c1-4-6-8-9-10-11-12-13-14-15-19-30-39-32(3)33-22-24-34(25-23-33)37-20-16-17-21-38(37)35-26-28-36(29-27-35)40-31-18-7-5-2/h16-17,20-29,32H,4-15,18-19,30-31H2,1-3H3. The Bertz CT molecular complexity index is 1040. The molecule has 1 unspecified atom stereocenters. The fourth-order valence-electron chi connectivity index (χ4n) is 5.32. The second-order valence-corrected chi connectivity index (χ2v) is 11.3. The van der Waals surface area contributed by atoms with Crippen molar-refractivity contribution in [1.82, 2.24) is 0 Å². The van der Waals surface area contributed by atoms with Crippen LogP contribution in [0.4, 0.5) is 0 Å². The highest BCUT2D eigenvalue weighted by atomic mass is 16.5. The molecule has 0 aromatic heterocycles. The lowest BCUT2D eigenvalue weighted by molar-refractivity contribution is 0.0627. The molecule has 0 aliphatic heterocycles. The molecule has 2 heteroatoms. The third-order valence-electron chi connectivity index (χ3n) is 7.92. The van der Waals surface area contributed by atoms with Gasteiger partial charge in [0.1, 0.15) is 5.75 Å². The van der Waals surface area contributed by atoms with E-state index < -0.39 is 0 Å². The Labute approximate surface area is 245 Å². The number of ether oxygens (including phenoxy) is 2. The molecule has 3 rings (SSSR count). The van der Waals surface area contributed by atoms with E-state index in [0.29, 0.717) is 0 Å². The lowest BCUT2D eigenvalue weighted by Crippen LogP contribution is -2.02. The first-order valence-corrected chi connectivity index (χ1v) is 16.3. The van der Waals surface area contributed by atoms with Gasteiger partial charge in [-0.15, -0.1) is 0 Å². The molecule has 3 aromatic carbocycles. The summed E-state index contributed by atoms with van der Waals surface area (Å²) in [6.07, 6.45) is 18.7. The minimum atomic E-state index is 0.122. The Morgan fingerprint density at radius 2 is 0.950 bits per heavy atom. The summed E-state index contributed by atoms with van der Waals surface area (Å²) in [5.74, 6) is 0.948. The Hall–Kier alpha value is -2.58. The van der Waals surface area contributed by atoms with Crippen LogP contribution in [0.15, 0.2) is 72.8 Å². The van der Waals surface area contributed by atoms with Crippen LogP contribution in [0.2, 0.25) is 0 Å². The van der Waals surface area contributed by atoms with Crippen LogP contribution < -0.4 is 4.74 Å². The Balaban J connectivity index is 1.42. The third-order valence-corrected chi connectivity index (χ3v) is 7.92. The van der Waals surface area contributed by atoms with Gasteiger partial charge in [-0.2, -0.15) is 0 Å². The van der Waals surface area contributed by atoms with E-state index in [1.54, 1.807) is 0 Å². The first-order valence-electron chi connectivity index (χ1n) is 16.3. The molecule has 0 N–H and O–H groups in total. The highest BCUT2D eigenvalue weighted by Gasteiger charge is 2.10. The van der Waals surface area contributed by atoms with Crippen molar-refractivity contribution in [3.63, 3.8) is 0 Å². The van der Waals surface area contributed by atoms with E-state index in [2.05, 4.69) is 93.6 Å². The molecule has 0 heterocycles. The minimum absolute atomic E-state index is 0.122. The average Bonchev–Trinajstić information content (AvgIpc) is 3.00. The zero-order valence-corrected chi connectivity index (χ0v) is 25.6. The highest BCUT2D eigenvalue weighted by molar-refractivity contribution is 5.83. The number of benzene rings is 3. The molecule has 0 spiro atoms. The molecule has 3 aromatic rings. The van der Waals surface area contributed by atoms with E-state index in [0.717, 1.165) is 31.8 Å². The lowest BCUT2D eigenvalue weighted by atomic mass is 9.94. The third kappa shape index (κ3) is 11.5. The number of hydrogen-bond donors (Lipinski definition) is 0. The summed E-state index contributed by atoms with van der Waals surface area (Å²) >= 11 is 0. The van der Waals surface area contributed by atoms with Gasteiger partial charge in [0.2, 0.25) is 0 Å². The molecule has 0 bridgehead atoms. The van der Waals surface area contributed by atoms with Gasteiger partial charge in [0.25, 0.3) is 0 Å². The maximum Gasteiger partial charge on any atom is 0.119 e. The van der Waals surface area contributed by atoms with Gasteiger partial charge in [0.05, 0.1) is 12.7 Å². The Morgan fingerprint density at radius 1 is 0.500 bits per heavy atom. The fourth-order valence-corrected chi connectivity index (χ4v) is 5.32. The van der Waals surface area contributed by atoms with Crippen LogP contribution >= 0.6 is 0 Å². The first kappa shape index (κ1) is 31.9. The van der Waals surface area contributed by atoms with Crippen molar-refractivity contribution in [3.05, 3.63) is 78.4 Å². The van der Waals surface area contributed by atoms with Crippen molar-refractivity contribution < 1.29 is 9.47 Å². The fraction of sp³-hybridized carbons (Fsp3) is 0.526. The van der Waals surface area contributed by atoms with E-state index in [1.165, 1.54) is 105 Å². The minimum Gasteiger partial charge on any atom is -0.494 e. The van der Waals surface area contributed by atoms with Gasteiger partial charge in [-0.05, 0) is 59.7 Å². The topological polar surface area (TPSA) is 18.5 Å². The van der Waals surface area contributed by atoms with Gasteiger partial charge in [-0.1, -0.05) is 152 Å². The van der Waals surface area contributed by atoms with Gasteiger partial charge in [-0.25, -0.2) is 0 Å². The van der Waals surface area contributed by atoms with Gasteiger partial charge in [-0.3, -0.25) is 0 Å². The summed E-state index contributed by atoms with van der Waals surface area (Å²) < 4.78 is 12.1. The summed E-state index contributed by atoms with van der Waals surface area (Å²) in [5.41, 5.74) is 6.18. The number of hydrogen-bond acceptors (Lipinski definition) is 2. The summed E-state index contributed by atoms with van der Waals surface area (Å²) in [5, 5.41) is 0. The van der Waals surface area contributed by atoms with Crippen LogP contribution in [-0.2, 0) is 4.74 Å². The van der Waals surface area contributed by atoms with Crippen LogP contribution in [0, 0.1) is 0 Å². The van der Waals surface area contributed by atoms with Gasteiger partial charge in [0, 0.05) is 6.61 Å². The molecule has 0 aliphatic rings.